The predicted octanol–water partition coefficient (Wildman–Crippen LogP) is 3.01. The van der Waals surface area contributed by atoms with Crippen LogP contribution in [0.15, 0.2) is 36.4 Å². The normalized spacial score (nSPS) is 10.4. The largest absolute Gasteiger partial charge is 0.384 e. The Hall–Kier alpha value is -2.36. The van der Waals surface area contributed by atoms with Crippen LogP contribution in [-0.2, 0) is 6.54 Å². The number of nitrogens with one attached hydrogen (secondary N) is 1. The summed E-state index contributed by atoms with van der Waals surface area (Å²) in [5.74, 6) is 0.0978. The molecule has 0 radical (unpaired) electrons. The number of nitrogens with two attached hydrogens (primary N) is 1. The molecule has 1 aromatic heterocycles. The van der Waals surface area contributed by atoms with Gasteiger partial charge in [-0.05, 0) is 50.6 Å². The fourth-order valence-electron chi connectivity index (χ4n) is 2.38. The van der Waals surface area contributed by atoms with Crippen LogP contribution in [0.5, 0.6) is 0 Å². The number of nitrogens with zero attached hydrogens (tertiary/aromatic N) is 2. The van der Waals surface area contributed by atoms with Crippen LogP contribution in [0.4, 0.5) is 5.69 Å². The van der Waals surface area contributed by atoms with Crippen LogP contribution < -0.4 is 10.6 Å². The van der Waals surface area contributed by atoms with Crippen molar-refractivity contribution in [2.45, 2.75) is 27.3 Å². The summed E-state index contributed by atoms with van der Waals surface area (Å²) in [5.41, 5.74) is 10.7. The average Bonchev–Trinajstić information content (AvgIpc) is 2.44. The number of amidine groups is 1. The molecule has 4 nitrogen and oxygen atoms in total. The molecule has 0 bridgehead atoms. The van der Waals surface area contributed by atoms with E-state index in [2.05, 4.69) is 22.9 Å². The predicted molar refractivity (Wildman–Crippen MR) is 87.9 cm³/mol. The Morgan fingerprint density at radius 1 is 1.24 bits per heavy atom. The molecule has 0 amide bonds. The SMILES string of the molecule is CCN(Cc1cccc(C)n1)c1cc(C)ccc1C(=N)N. The van der Waals surface area contributed by atoms with Gasteiger partial charge in [0.2, 0.25) is 0 Å². The summed E-state index contributed by atoms with van der Waals surface area (Å²) in [6, 6.07) is 12.0. The number of aromatic nitrogens is 1. The van der Waals surface area contributed by atoms with E-state index in [0.717, 1.165) is 34.7 Å². The minimum atomic E-state index is 0.0978. The third-order valence-electron chi connectivity index (χ3n) is 3.46. The number of hydrogen-bond donors (Lipinski definition) is 2. The molecule has 1 heterocycles. The van der Waals surface area contributed by atoms with Gasteiger partial charge in [-0.3, -0.25) is 10.4 Å². The summed E-state index contributed by atoms with van der Waals surface area (Å²) in [7, 11) is 0. The van der Waals surface area contributed by atoms with Gasteiger partial charge in [-0.1, -0.05) is 12.1 Å². The van der Waals surface area contributed by atoms with Crippen LogP contribution in [-0.4, -0.2) is 17.4 Å². The zero-order valence-corrected chi connectivity index (χ0v) is 12.9. The lowest BCUT2D eigenvalue weighted by Gasteiger charge is -2.25. The second-order valence-electron chi connectivity index (χ2n) is 5.22. The van der Waals surface area contributed by atoms with Crippen molar-refractivity contribution in [3.8, 4) is 0 Å². The van der Waals surface area contributed by atoms with E-state index in [0.29, 0.717) is 6.54 Å². The Labute approximate surface area is 126 Å². The first-order valence-corrected chi connectivity index (χ1v) is 7.13. The van der Waals surface area contributed by atoms with Crippen LogP contribution in [0.2, 0.25) is 0 Å². The molecule has 3 N–H and O–H groups in total. The number of aryl methyl sites for hydroxylation is 2. The van der Waals surface area contributed by atoms with Crippen molar-refractivity contribution in [2.75, 3.05) is 11.4 Å². The Kier molecular flexibility index (Phi) is 4.58. The first-order valence-electron chi connectivity index (χ1n) is 7.13. The van der Waals surface area contributed by atoms with Crippen molar-refractivity contribution in [3.05, 3.63) is 58.9 Å². The summed E-state index contributed by atoms with van der Waals surface area (Å²) in [6.07, 6.45) is 0. The van der Waals surface area contributed by atoms with Gasteiger partial charge < -0.3 is 10.6 Å². The van der Waals surface area contributed by atoms with E-state index in [1.54, 1.807) is 0 Å². The lowest BCUT2D eigenvalue weighted by molar-refractivity contribution is 0.804. The molecule has 1 aromatic carbocycles. The number of pyridine rings is 1. The highest BCUT2D eigenvalue weighted by Crippen LogP contribution is 2.23. The molecule has 0 aliphatic rings. The smallest absolute Gasteiger partial charge is 0.124 e. The van der Waals surface area contributed by atoms with Gasteiger partial charge in [-0.25, -0.2) is 0 Å². The van der Waals surface area contributed by atoms with Crippen LogP contribution >= 0.6 is 0 Å². The van der Waals surface area contributed by atoms with E-state index in [1.807, 2.05) is 44.2 Å². The zero-order valence-electron chi connectivity index (χ0n) is 12.9. The lowest BCUT2D eigenvalue weighted by Crippen LogP contribution is -2.26. The molecule has 0 spiro atoms. The third kappa shape index (κ3) is 3.60. The van der Waals surface area contributed by atoms with Gasteiger partial charge in [0.1, 0.15) is 5.84 Å². The summed E-state index contributed by atoms with van der Waals surface area (Å²) >= 11 is 0. The Bertz CT molecular complexity index is 649. The molecule has 4 heteroatoms. The van der Waals surface area contributed by atoms with Gasteiger partial charge in [-0.15, -0.1) is 0 Å². The zero-order chi connectivity index (χ0) is 15.4. The maximum absolute atomic E-state index is 7.76. The molecule has 110 valence electrons. The van der Waals surface area contributed by atoms with Crippen molar-refractivity contribution >= 4 is 11.5 Å². The van der Waals surface area contributed by atoms with Crippen molar-refractivity contribution in [1.29, 1.82) is 5.41 Å². The monoisotopic (exact) mass is 282 g/mol. The van der Waals surface area contributed by atoms with E-state index >= 15 is 0 Å². The number of hydrogen-bond acceptors (Lipinski definition) is 3. The van der Waals surface area contributed by atoms with Crippen LogP contribution in [0.3, 0.4) is 0 Å². The molecule has 2 aromatic rings. The Morgan fingerprint density at radius 2 is 2.00 bits per heavy atom. The molecule has 2 rings (SSSR count). The van der Waals surface area contributed by atoms with Gasteiger partial charge >= 0.3 is 0 Å². The van der Waals surface area contributed by atoms with E-state index in [-0.39, 0.29) is 5.84 Å². The number of nitrogen functional groups attached to an aromatic ring is 1. The van der Waals surface area contributed by atoms with E-state index in [4.69, 9.17) is 11.1 Å². The number of rotatable bonds is 5. The summed E-state index contributed by atoms with van der Waals surface area (Å²) in [5, 5.41) is 7.76. The topological polar surface area (TPSA) is 66.0 Å². The molecular formula is C17H22N4. The maximum Gasteiger partial charge on any atom is 0.124 e. The molecule has 0 aliphatic carbocycles. The van der Waals surface area contributed by atoms with E-state index in [9.17, 15) is 0 Å². The molecular weight excluding hydrogens is 260 g/mol. The minimum Gasteiger partial charge on any atom is -0.384 e. The average molecular weight is 282 g/mol. The molecule has 0 aliphatic heterocycles. The van der Waals surface area contributed by atoms with Gasteiger partial charge in [0.25, 0.3) is 0 Å². The Morgan fingerprint density at radius 3 is 2.62 bits per heavy atom. The highest BCUT2D eigenvalue weighted by atomic mass is 15.1. The van der Waals surface area contributed by atoms with Gasteiger partial charge in [0, 0.05) is 23.5 Å². The quantitative estimate of drug-likeness (QED) is 0.654. The molecule has 0 saturated heterocycles. The highest BCUT2D eigenvalue weighted by Gasteiger charge is 2.13. The van der Waals surface area contributed by atoms with Crippen molar-refractivity contribution < 1.29 is 0 Å². The number of benzene rings is 1. The van der Waals surface area contributed by atoms with Crippen molar-refractivity contribution in [2.24, 2.45) is 5.73 Å². The maximum atomic E-state index is 7.76. The van der Waals surface area contributed by atoms with Gasteiger partial charge in [0.15, 0.2) is 0 Å². The second-order valence-corrected chi connectivity index (χ2v) is 5.22. The van der Waals surface area contributed by atoms with Crippen LogP contribution in [0, 0.1) is 19.3 Å². The lowest BCUT2D eigenvalue weighted by atomic mass is 10.1. The van der Waals surface area contributed by atoms with E-state index in [1.165, 1.54) is 0 Å². The van der Waals surface area contributed by atoms with Crippen molar-refractivity contribution in [3.63, 3.8) is 0 Å². The van der Waals surface area contributed by atoms with E-state index < -0.39 is 0 Å². The second kappa shape index (κ2) is 6.39. The molecule has 0 atom stereocenters. The molecule has 21 heavy (non-hydrogen) atoms. The first kappa shape index (κ1) is 15.0. The van der Waals surface area contributed by atoms with Crippen LogP contribution in [0.25, 0.3) is 0 Å². The summed E-state index contributed by atoms with van der Waals surface area (Å²) < 4.78 is 0. The number of anilines is 1. The summed E-state index contributed by atoms with van der Waals surface area (Å²) in [4.78, 5) is 6.76. The molecule has 0 fully saturated rings. The van der Waals surface area contributed by atoms with Crippen LogP contribution in [0.1, 0.15) is 29.4 Å². The minimum absolute atomic E-state index is 0.0978. The van der Waals surface area contributed by atoms with Crippen molar-refractivity contribution in [1.82, 2.24) is 4.98 Å². The Balaban J connectivity index is 2.37. The van der Waals surface area contributed by atoms with Gasteiger partial charge in [-0.2, -0.15) is 0 Å². The fraction of sp³-hybridized carbons (Fsp3) is 0.294. The fourth-order valence-corrected chi connectivity index (χ4v) is 2.38. The molecule has 0 saturated carbocycles. The summed E-state index contributed by atoms with van der Waals surface area (Å²) in [6.45, 7) is 7.68. The standard InChI is InChI=1S/C17H22N4/c1-4-21(11-14-7-5-6-13(3)20-14)16-10-12(2)8-9-15(16)17(18)19/h5-10H,4,11H2,1-3H3,(H3,18,19). The molecule has 0 unspecified atom stereocenters. The third-order valence-corrected chi connectivity index (χ3v) is 3.46. The van der Waals surface area contributed by atoms with Gasteiger partial charge in [0.05, 0.1) is 12.2 Å². The highest BCUT2D eigenvalue weighted by molar-refractivity contribution is 6.00. The first-order chi connectivity index (χ1) is 10.0.